The van der Waals surface area contributed by atoms with Gasteiger partial charge < -0.3 is 5.84 Å². The maximum Gasteiger partial charge on any atom is 0.0209 e. The SMILES string of the molecule is CC=NN. The van der Waals surface area contributed by atoms with E-state index >= 15 is 0 Å². The summed E-state index contributed by atoms with van der Waals surface area (Å²) in [6, 6.07) is 0. The van der Waals surface area contributed by atoms with Gasteiger partial charge in [0.1, 0.15) is 0 Å². The smallest absolute Gasteiger partial charge is 0.0209 e. The maximum absolute atomic E-state index is 4.60. The van der Waals surface area contributed by atoms with E-state index in [1.165, 1.54) is 6.21 Å². The van der Waals surface area contributed by atoms with Crippen LogP contribution in [0, 0.1) is 0 Å². The summed E-state index contributed by atoms with van der Waals surface area (Å²) in [5.41, 5.74) is 0. The molecule has 0 aromatic carbocycles. The van der Waals surface area contributed by atoms with Crippen LogP contribution in [0.4, 0.5) is 0 Å². The van der Waals surface area contributed by atoms with E-state index in [2.05, 4.69) is 10.9 Å². The van der Waals surface area contributed by atoms with Crippen molar-refractivity contribution in [3.05, 3.63) is 0 Å². The van der Waals surface area contributed by atoms with Crippen LogP contribution in [-0.4, -0.2) is 6.21 Å². The normalized spacial score (nSPS) is 9.25. The van der Waals surface area contributed by atoms with Crippen molar-refractivity contribution in [2.45, 2.75) is 6.92 Å². The fraction of sp³-hybridized carbons (Fsp3) is 0.500. The Labute approximate surface area is 25.3 Å². The molecule has 0 radical (unpaired) electrons. The predicted octanol–water partition coefficient (Wildman–Crippen LogP) is -0.0492. The first-order valence-corrected chi connectivity index (χ1v) is 1.09. The molecular formula is C2H6N2. The summed E-state index contributed by atoms with van der Waals surface area (Å²) in [6.07, 6.45) is 1.53. The van der Waals surface area contributed by atoms with Gasteiger partial charge in [-0.15, -0.1) is 0 Å². The van der Waals surface area contributed by atoms with Crippen LogP contribution >= 0.6 is 0 Å². The fourth-order valence-electron chi connectivity index (χ4n) is 0. The second kappa shape index (κ2) is 2.47. The molecule has 0 unspecified atom stereocenters. The molecule has 0 saturated carbocycles. The van der Waals surface area contributed by atoms with Gasteiger partial charge in [-0.25, -0.2) is 0 Å². The molecule has 0 atom stereocenters. The average Bonchev–Trinajstić information content (AvgIpc) is 1.37. The monoisotopic (exact) mass is 58.1 g/mol. The highest BCUT2D eigenvalue weighted by molar-refractivity contribution is 5.52. The fourth-order valence-corrected chi connectivity index (χ4v) is 0. The van der Waals surface area contributed by atoms with Gasteiger partial charge in [-0.05, 0) is 6.92 Å². The number of rotatable bonds is 0. The van der Waals surface area contributed by atoms with Gasteiger partial charge in [-0.1, -0.05) is 0 Å². The molecule has 2 N–H and O–H groups in total. The molecule has 0 spiro atoms. The van der Waals surface area contributed by atoms with Crippen molar-refractivity contribution in [2.75, 3.05) is 0 Å². The molecule has 0 heterocycles. The Hall–Kier alpha value is -0.530. The Morgan fingerprint density at radius 1 is 2.00 bits per heavy atom. The van der Waals surface area contributed by atoms with E-state index in [0.717, 1.165) is 0 Å². The lowest BCUT2D eigenvalue weighted by molar-refractivity contribution is 1.26. The summed E-state index contributed by atoms with van der Waals surface area (Å²) >= 11 is 0. The molecule has 0 rings (SSSR count). The molecule has 0 aliphatic carbocycles. The minimum Gasteiger partial charge on any atom is -0.324 e. The Morgan fingerprint density at radius 3 is 2.25 bits per heavy atom. The molecule has 0 saturated heterocycles. The molecule has 2 nitrogen and oxygen atoms in total. The molecule has 0 aromatic rings. The molecular weight excluding hydrogens is 52.0 g/mol. The third kappa shape index (κ3) is 1.47. The van der Waals surface area contributed by atoms with Crippen LogP contribution < -0.4 is 5.84 Å². The van der Waals surface area contributed by atoms with Crippen LogP contribution in [0.2, 0.25) is 0 Å². The van der Waals surface area contributed by atoms with E-state index in [0.29, 0.717) is 0 Å². The van der Waals surface area contributed by atoms with Gasteiger partial charge in [-0.2, -0.15) is 5.10 Å². The summed E-state index contributed by atoms with van der Waals surface area (Å²) in [5, 5.41) is 3.11. The molecule has 0 aromatic heterocycles. The first-order chi connectivity index (χ1) is 1.91. The van der Waals surface area contributed by atoms with Crippen molar-refractivity contribution in [2.24, 2.45) is 10.9 Å². The number of nitrogens with two attached hydrogens (primary N) is 1. The first-order valence-electron chi connectivity index (χ1n) is 1.09. The van der Waals surface area contributed by atoms with E-state index in [-0.39, 0.29) is 0 Å². The highest BCUT2D eigenvalue weighted by Crippen LogP contribution is 1.31. The van der Waals surface area contributed by atoms with Gasteiger partial charge in [0.25, 0.3) is 0 Å². The minimum atomic E-state index is 1.53. The minimum absolute atomic E-state index is 1.53. The Balaban J connectivity index is 2.55. The molecule has 0 aliphatic heterocycles. The Bertz CT molecular complexity index is 19.2. The number of hydrogen-bond donors (Lipinski definition) is 1. The lowest BCUT2D eigenvalue weighted by Gasteiger charge is -1.55. The highest BCUT2D eigenvalue weighted by atomic mass is 15.1. The van der Waals surface area contributed by atoms with Gasteiger partial charge in [0.15, 0.2) is 0 Å². The zero-order valence-electron chi connectivity index (χ0n) is 2.60. The van der Waals surface area contributed by atoms with E-state index in [1.807, 2.05) is 0 Å². The Morgan fingerprint density at radius 2 is 2.25 bits per heavy atom. The van der Waals surface area contributed by atoms with E-state index in [9.17, 15) is 0 Å². The van der Waals surface area contributed by atoms with Crippen LogP contribution in [0.3, 0.4) is 0 Å². The summed E-state index contributed by atoms with van der Waals surface area (Å²) < 4.78 is 0. The summed E-state index contributed by atoms with van der Waals surface area (Å²) in [7, 11) is 0. The van der Waals surface area contributed by atoms with E-state index in [1.54, 1.807) is 6.92 Å². The maximum atomic E-state index is 4.60. The van der Waals surface area contributed by atoms with Gasteiger partial charge in [-0.3, -0.25) is 0 Å². The third-order valence-corrected chi connectivity index (χ3v) is 0.149. The molecule has 0 bridgehead atoms. The predicted molar refractivity (Wildman–Crippen MR) is 18.4 cm³/mol. The Kier molecular flexibility index (Phi) is 2.14. The van der Waals surface area contributed by atoms with Gasteiger partial charge in [0, 0.05) is 6.21 Å². The molecule has 4 heavy (non-hydrogen) atoms. The number of nitrogens with zero attached hydrogens (tertiary/aromatic N) is 1. The van der Waals surface area contributed by atoms with Gasteiger partial charge in [0.2, 0.25) is 0 Å². The van der Waals surface area contributed by atoms with Crippen LogP contribution in [0.25, 0.3) is 0 Å². The quantitative estimate of drug-likeness (QED) is 0.237. The molecule has 24 valence electrons. The van der Waals surface area contributed by atoms with Crippen LogP contribution in [0.15, 0.2) is 5.10 Å². The van der Waals surface area contributed by atoms with Crippen molar-refractivity contribution in [1.82, 2.24) is 0 Å². The molecule has 0 aliphatic rings. The second-order valence-electron chi connectivity index (χ2n) is 0.407. The first kappa shape index (κ1) is 3.47. The van der Waals surface area contributed by atoms with E-state index in [4.69, 9.17) is 0 Å². The van der Waals surface area contributed by atoms with Crippen LogP contribution in [0.5, 0.6) is 0 Å². The lowest BCUT2D eigenvalue weighted by Crippen LogP contribution is -1.74. The van der Waals surface area contributed by atoms with Crippen molar-refractivity contribution in [1.29, 1.82) is 0 Å². The topological polar surface area (TPSA) is 38.4 Å². The zero-order valence-corrected chi connectivity index (χ0v) is 2.60. The lowest BCUT2D eigenvalue weighted by atomic mass is 10.9. The van der Waals surface area contributed by atoms with Crippen molar-refractivity contribution < 1.29 is 0 Å². The summed E-state index contributed by atoms with van der Waals surface area (Å²) in [5.74, 6) is 4.60. The van der Waals surface area contributed by atoms with Crippen molar-refractivity contribution in [3.63, 3.8) is 0 Å². The second-order valence-corrected chi connectivity index (χ2v) is 0.407. The molecule has 2 heteroatoms. The highest BCUT2D eigenvalue weighted by Gasteiger charge is 1.32. The van der Waals surface area contributed by atoms with Crippen molar-refractivity contribution in [3.8, 4) is 0 Å². The summed E-state index contributed by atoms with van der Waals surface area (Å²) in [6.45, 7) is 1.76. The number of hydrogen-bond acceptors (Lipinski definition) is 2. The standard InChI is InChI=1S/C2H6N2/c1-2-4-3/h2H,3H2,1H3. The van der Waals surface area contributed by atoms with Crippen LogP contribution in [0.1, 0.15) is 6.92 Å². The van der Waals surface area contributed by atoms with Gasteiger partial charge >= 0.3 is 0 Å². The molecule has 0 fully saturated rings. The largest absolute Gasteiger partial charge is 0.324 e. The van der Waals surface area contributed by atoms with E-state index < -0.39 is 0 Å². The van der Waals surface area contributed by atoms with Crippen molar-refractivity contribution >= 4 is 6.21 Å². The van der Waals surface area contributed by atoms with Crippen LogP contribution in [-0.2, 0) is 0 Å². The average molecular weight is 58.1 g/mol. The zero-order chi connectivity index (χ0) is 3.41. The molecule has 0 amide bonds. The number of hydrazone groups is 1. The van der Waals surface area contributed by atoms with Gasteiger partial charge in [0.05, 0.1) is 0 Å². The third-order valence-electron chi connectivity index (χ3n) is 0.149. The summed E-state index contributed by atoms with van der Waals surface area (Å²) in [4.78, 5) is 0.